The molecule has 1 saturated heterocycles. The van der Waals surface area contributed by atoms with Crippen LogP contribution in [0.4, 0.5) is 18.0 Å². The van der Waals surface area contributed by atoms with Crippen molar-refractivity contribution in [2.24, 2.45) is 5.41 Å². The fourth-order valence-electron chi connectivity index (χ4n) is 4.51. The molecule has 1 fully saturated rings. The Morgan fingerprint density at radius 2 is 1.87 bits per heavy atom. The number of alkyl halides is 3. The van der Waals surface area contributed by atoms with E-state index in [1.165, 1.54) is 11.8 Å². The van der Waals surface area contributed by atoms with Crippen LogP contribution in [0.2, 0.25) is 0 Å². The zero-order valence-electron chi connectivity index (χ0n) is 23.4. The number of aromatic nitrogens is 1. The number of ether oxygens (including phenoxy) is 1. The maximum Gasteiger partial charge on any atom is 0.411 e. The first kappa shape index (κ1) is 30.8. The number of amides is 3. The van der Waals surface area contributed by atoms with Gasteiger partial charge >= 0.3 is 12.3 Å². The number of hydrogen-bond donors (Lipinski definition) is 2. The van der Waals surface area contributed by atoms with E-state index in [9.17, 15) is 27.6 Å². The molecule has 0 bridgehead atoms. The second-order valence-electron chi connectivity index (χ2n) is 12.0. The zero-order valence-corrected chi connectivity index (χ0v) is 24.2. The van der Waals surface area contributed by atoms with Gasteiger partial charge < -0.3 is 15.4 Å². The molecule has 2 heterocycles. The quantitative estimate of drug-likeness (QED) is 0.565. The third-order valence-electron chi connectivity index (χ3n) is 6.27. The van der Waals surface area contributed by atoms with Crippen LogP contribution in [-0.2, 0) is 9.53 Å². The van der Waals surface area contributed by atoms with Crippen LogP contribution in [-0.4, -0.2) is 76.2 Å². The lowest BCUT2D eigenvalue weighted by atomic mass is 9.79. The van der Waals surface area contributed by atoms with Crippen LogP contribution in [0, 0.1) is 12.3 Å². The van der Waals surface area contributed by atoms with Gasteiger partial charge in [0.15, 0.2) is 0 Å². The normalized spacial score (nSPS) is 19.9. The molecule has 3 rings (SSSR count). The van der Waals surface area contributed by atoms with E-state index in [2.05, 4.69) is 15.6 Å². The van der Waals surface area contributed by atoms with E-state index in [1.54, 1.807) is 39.8 Å². The summed E-state index contributed by atoms with van der Waals surface area (Å²) in [6, 6.07) is 0.483. The van der Waals surface area contributed by atoms with E-state index < -0.39 is 41.8 Å². The Balaban J connectivity index is 2.01. The monoisotopic (exact) mass is 570 g/mol. The number of hydrogen-bond acceptors (Lipinski definition) is 6. The second-order valence-corrected chi connectivity index (χ2v) is 13.0. The summed E-state index contributed by atoms with van der Waals surface area (Å²) >= 11 is 1.50. The van der Waals surface area contributed by atoms with E-state index in [0.717, 1.165) is 10.5 Å². The predicted molar refractivity (Wildman–Crippen MR) is 145 cm³/mol. The number of pyridine rings is 1. The molecule has 1 aliphatic heterocycles. The van der Waals surface area contributed by atoms with Crippen LogP contribution in [0.5, 0.6) is 0 Å². The molecule has 1 aromatic rings. The van der Waals surface area contributed by atoms with E-state index in [0.29, 0.717) is 27.6 Å². The molecular weight excluding hydrogens is 533 g/mol. The first-order valence-corrected chi connectivity index (χ1v) is 13.9. The molecular formula is C27H37F3N4O4S. The van der Waals surface area contributed by atoms with Crippen LogP contribution in [0.25, 0.3) is 11.6 Å². The average molecular weight is 571 g/mol. The highest BCUT2D eigenvalue weighted by atomic mass is 32.2. The standard InChI is InChI=1S/C27H37F3N4O4S/c1-15-8-20(23(36)31-11-16-12-39-13-21(35)32-16)33-22-18(15)9-17(10-19(22)25(2,3)4)34(14-27(28,29)30)24(37)38-26(5,6)7/h8-9,16-17H,10-14H2,1-7H3,(H,31,36)(H,32,35)/t16-,17?/m1/s1. The smallest absolute Gasteiger partial charge is 0.411 e. The van der Waals surface area contributed by atoms with Crippen LogP contribution in [0.15, 0.2) is 6.07 Å². The number of fused-ring (bicyclic) bond motifs is 1. The summed E-state index contributed by atoms with van der Waals surface area (Å²) in [5.74, 6) is 0.600. The highest BCUT2D eigenvalue weighted by Gasteiger charge is 2.40. The number of thioether (sulfide) groups is 1. The van der Waals surface area contributed by atoms with Crippen molar-refractivity contribution in [3.63, 3.8) is 0 Å². The number of rotatable bonds is 5. The summed E-state index contributed by atoms with van der Waals surface area (Å²) in [5.41, 5.74) is 0.0674. The van der Waals surface area contributed by atoms with E-state index in [1.807, 2.05) is 20.8 Å². The minimum Gasteiger partial charge on any atom is -0.444 e. The summed E-state index contributed by atoms with van der Waals surface area (Å²) in [6.45, 7) is 11.1. The van der Waals surface area contributed by atoms with Gasteiger partial charge in [-0.05, 0) is 56.7 Å². The van der Waals surface area contributed by atoms with Crippen molar-refractivity contribution in [3.8, 4) is 0 Å². The number of carbonyl (C=O) groups is 3. The number of halogens is 3. The van der Waals surface area contributed by atoms with Gasteiger partial charge in [-0.3, -0.25) is 14.5 Å². The Bertz CT molecular complexity index is 1250. The third kappa shape index (κ3) is 8.36. The molecule has 2 aliphatic rings. The number of carbonyl (C=O) groups excluding carboxylic acids is 3. The highest BCUT2D eigenvalue weighted by molar-refractivity contribution is 8.00. The van der Waals surface area contributed by atoms with E-state index in [4.69, 9.17) is 4.74 Å². The Hall–Kier alpha value is -2.76. The number of nitrogens with one attached hydrogen (secondary N) is 2. The van der Waals surface area contributed by atoms with Crippen LogP contribution in [0.3, 0.4) is 0 Å². The lowest BCUT2D eigenvalue weighted by Crippen LogP contribution is -2.52. The van der Waals surface area contributed by atoms with Gasteiger partial charge in [0.05, 0.1) is 23.2 Å². The Morgan fingerprint density at radius 1 is 1.21 bits per heavy atom. The van der Waals surface area contributed by atoms with E-state index >= 15 is 0 Å². The molecule has 39 heavy (non-hydrogen) atoms. The van der Waals surface area contributed by atoms with Crippen molar-refractivity contribution in [1.82, 2.24) is 20.5 Å². The molecule has 1 aliphatic carbocycles. The molecule has 12 heteroatoms. The summed E-state index contributed by atoms with van der Waals surface area (Å²) < 4.78 is 46.1. The zero-order chi connectivity index (χ0) is 29.3. The largest absolute Gasteiger partial charge is 0.444 e. The van der Waals surface area contributed by atoms with Gasteiger partial charge in [-0.25, -0.2) is 9.78 Å². The molecule has 1 aromatic heterocycles. The van der Waals surface area contributed by atoms with Crippen molar-refractivity contribution >= 4 is 41.3 Å². The molecule has 0 saturated carbocycles. The van der Waals surface area contributed by atoms with Gasteiger partial charge in [-0.1, -0.05) is 26.8 Å². The van der Waals surface area contributed by atoms with Gasteiger partial charge in [0.25, 0.3) is 5.91 Å². The predicted octanol–water partition coefficient (Wildman–Crippen LogP) is 2.90. The Morgan fingerprint density at radius 3 is 2.44 bits per heavy atom. The molecule has 2 N–H and O–H groups in total. The Labute approximate surface area is 230 Å². The SMILES string of the molecule is Cc1cc(C(=O)NC[C@@H]2CSCC(=O)N2)nc2c1=CC(N(CC(F)(F)F)C(=O)OC(C)(C)C)CC=2C(C)(C)C. The minimum absolute atomic E-state index is 0.0753. The topological polar surface area (TPSA) is 101 Å². The maximum atomic E-state index is 13.6. The van der Waals surface area contributed by atoms with E-state index in [-0.39, 0.29) is 30.6 Å². The Kier molecular flexibility index (Phi) is 8.98. The van der Waals surface area contributed by atoms with Gasteiger partial charge in [-0.15, -0.1) is 11.8 Å². The molecule has 1 unspecified atom stereocenters. The van der Waals surface area contributed by atoms with Gasteiger partial charge in [-0.2, -0.15) is 13.2 Å². The second kappa shape index (κ2) is 11.4. The summed E-state index contributed by atoms with van der Waals surface area (Å²) in [5, 5.41) is 6.77. The average Bonchev–Trinajstić information content (AvgIpc) is 2.78. The number of aryl methyl sites for hydroxylation is 1. The van der Waals surface area contributed by atoms with Crippen molar-refractivity contribution in [3.05, 3.63) is 27.9 Å². The van der Waals surface area contributed by atoms with Gasteiger partial charge in [0.1, 0.15) is 17.8 Å². The fourth-order valence-corrected chi connectivity index (χ4v) is 5.38. The molecule has 0 spiro atoms. The lowest BCUT2D eigenvalue weighted by Gasteiger charge is -2.36. The molecule has 0 aromatic carbocycles. The van der Waals surface area contributed by atoms with Gasteiger partial charge in [0, 0.05) is 17.5 Å². The van der Waals surface area contributed by atoms with Crippen molar-refractivity contribution in [2.75, 3.05) is 24.6 Å². The molecule has 216 valence electrons. The van der Waals surface area contributed by atoms with Crippen LogP contribution >= 0.6 is 11.8 Å². The molecule has 2 atom stereocenters. The highest BCUT2D eigenvalue weighted by Crippen LogP contribution is 2.33. The first-order chi connectivity index (χ1) is 17.8. The number of nitrogens with zero attached hydrogens (tertiary/aromatic N) is 2. The maximum absolute atomic E-state index is 13.6. The van der Waals surface area contributed by atoms with Crippen molar-refractivity contribution in [2.45, 2.75) is 78.7 Å². The van der Waals surface area contributed by atoms with Crippen LogP contribution in [0.1, 0.15) is 64.0 Å². The van der Waals surface area contributed by atoms with Crippen molar-refractivity contribution in [1.29, 1.82) is 0 Å². The van der Waals surface area contributed by atoms with Crippen molar-refractivity contribution < 1.29 is 32.3 Å². The molecule has 0 radical (unpaired) electrons. The fraction of sp³-hybridized carbons (Fsp3) is 0.630. The lowest BCUT2D eigenvalue weighted by molar-refractivity contribution is -0.146. The minimum atomic E-state index is -4.63. The first-order valence-electron chi connectivity index (χ1n) is 12.8. The van der Waals surface area contributed by atoms with Crippen LogP contribution < -0.4 is 21.2 Å². The summed E-state index contributed by atoms with van der Waals surface area (Å²) in [6.07, 6.45) is -3.96. The summed E-state index contributed by atoms with van der Waals surface area (Å²) in [7, 11) is 0. The van der Waals surface area contributed by atoms with Gasteiger partial charge in [0.2, 0.25) is 5.91 Å². The molecule has 3 amide bonds. The molecule has 8 nitrogen and oxygen atoms in total. The third-order valence-corrected chi connectivity index (χ3v) is 7.37. The summed E-state index contributed by atoms with van der Waals surface area (Å²) in [4.78, 5) is 42.9.